The van der Waals surface area contributed by atoms with E-state index in [-0.39, 0.29) is 24.9 Å². The molecule has 0 bridgehead atoms. The molecule has 1 saturated heterocycles. The first-order chi connectivity index (χ1) is 22.8. The van der Waals surface area contributed by atoms with Gasteiger partial charge in [0, 0.05) is 24.8 Å². The maximum Gasteiger partial charge on any atom is 0.408 e. The number of nitrogens with one attached hydrogen (secondary N) is 3. The lowest BCUT2D eigenvalue weighted by Gasteiger charge is -2.29. The number of methoxy groups -OCH3 is 1. The van der Waals surface area contributed by atoms with E-state index in [2.05, 4.69) is 20.9 Å². The Bertz CT molecular complexity index is 1560. The lowest BCUT2D eigenvalue weighted by atomic mass is 10.0. The zero-order valence-corrected chi connectivity index (χ0v) is 28.4. The summed E-state index contributed by atoms with van der Waals surface area (Å²) in [6.07, 6.45) is 4.13. The molecule has 4 rings (SSSR count). The van der Waals surface area contributed by atoms with Gasteiger partial charge in [-0.05, 0) is 59.1 Å². The normalized spacial score (nSPS) is 14.5. The number of para-hydroxylation sites is 1. The van der Waals surface area contributed by atoms with Gasteiger partial charge in [0.05, 0.1) is 26.7 Å². The highest BCUT2D eigenvalue weighted by molar-refractivity contribution is 5.98. The standard InChI is InChI=1S/C35H46N6O7/c1-34(2,3)48-33(45)39-35(4,5)32(44)37-26(22-47-21-24-14-8-7-9-15-24)30(42)38-28-20-41(23-36-28)29(31(43)40-18-12-13-19-40)25-16-10-11-17-27(25)46-6/h7-11,14-17,20,23,26,29H,12-13,18-19,21-22H2,1-6H3,(H,37,44)(H,38,42)(H,39,45)/t26-,29?/m1/s1. The third kappa shape index (κ3) is 9.80. The molecule has 0 saturated carbocycles. The predicted octanol–water partition coefficient (Wildman–Crippen LogP) is 4.05. The van der Waals surface area contributed by atoms with Crippen molar-refractivity contribution in [2.24, 2.45) is 0 Å². The quantitative estimate of drug-likeness (QED) is 0.248. The van der Waals surface area contributed by atoms with Crippen LogP contribution in [0.2, 0.25) is 0 Å². The fraction of sp³-hybridized carbons (Fsp3) is 0.457. The van der Waals surface area contributed by atoms with Gasteiger partial charge in [0.2, 0.25) is 11.8 Å². The van der Waals surface area contributed by atoms with Crippen LogP contribution in [0.25, 0.3) is 0 Å². The molecule has 258 valence electrons. The largest absolute Gasteiger partial charge is 0.496 e. The molecule has 2 atom stereocenters. The van der Waals surface area contributed by atoms with Gasteiger partial charge >= 0.3 is 6.09 Å². The molecule has 4 amide bonds. The second-order valence-corrected chi connectivity index (χ2v) is 13.2. The molecular formula is C35H46N6O7. The lowest BCUT2D eigenvalue weighted by molar-refractivity contribution is -0.132. The van der Waals surface area contributed by atoms with Gasteiger partial charge in [-0.25, -0.2) is 9.78 Å². The summed E-state index contributed by atoms with van der Waals surface area (Å²) in [5, 5.41) is 8.00. The molecule has 1 fully saturated rings. The van der Waals surface area contributed by atoms with E-state index in [0.717, 1.165) is 18.4 Å². The zero-order valence-electron chi connectivity index (χ0n) is 28.4. The number of amides is 4. The summed E-state index contributed by atoms with van der Waals surface area (Å²) in [5.41, 5.74) is -0.651. The third-order valence-electron chi connectivity index (χ3n) is 7.64. The molecule has 3 aromatic rings. The topological polar surface area (TPSA) is 153 Å². The van der Waals surface area contributed by atoms with Crippen molar-refractivity contribution < 1.29 is 33.4 Å². The van der Waals surface area contributed by atoms with Crippen LogP contribution >= 0.6 is 0 Å². The van der Waals surface area contributed by atoms with Crippen molar-refractivity contribution in [3.05, 3.63) is 78.2 Å². The summed E-state index contributed by atoms with van der Waals surface area (Å²) in [5.74, 6) is -0.617. The summed E-state index contributed by atoms with van der Waals surface area (Å²) >= 11 is 0. The Morgan fingerprint density at radius 2 is 1.60 bits per heavy atom. The minimum absolute atomic E-state index is 0.105. The van der Waals surface area contributed by atoms with Crippen LogP contribution in [0.4, 0.5) is 10.6 Å². The first-order valence-corrected chi connectivity index (χ1v) is 16.0. The first-order valence-electron chi connectivity index (χ1n) is 16.0. The highest BCUT2D eigenvalue weighted by Crippen LogP contribution is 2.31. The summed E-state index contributed by atoms with van der Waals surface area (Å²) in [6.45, 7) is 9.50. The highest BCUT2D eigenvalue weighted by Gasteiger charge is 2.35. The number of alkyl carbamates (subject to hydrolysis) is 1. The summed E-state index contributed by atoms with van der Waals surface area (Å²) in [6, 6.07) is 14.8. The molecule has 1 aliphatic rings. The predicted molar refractivity (Wildman–Crippen MR) is 179 cm³/mol. The Balaban J connectivity index is 1.53. The summed E-state index contributed by atoms with van der Waals surface area (Å²) in [4.78, 5) is 59.5. The SMILES string of the molecule is COc1ccccc1C(C(=O)N1CCCC1)n1cnc(NC(=O)[C@@H](COCc2ccccc2)NC(=O)C(C)(C)NC(=O)OC(C)(C)C)c1. The number of aromatic nitrogens is 2. The van der Waals surface area contributed by atoms with Crippen LogP contribution in [0.5, 0.6) is 5.75 Å². The average molecular weight is 663 g/mol. The van der Waals surface area contributed by atoms with E-state index in [1.807, 2.05) is 53.4 Å². The Hall–Kier alpha value is -4.91. The van der Waals surface area contributed by atoms with Crippen LogP contribution in [0.3, 0.4) is 0 Å². The zero-order chi connectivity index (χ0) is 34.9. The molecule has 0 aliphatic carbocycles. The van der Waals surface area contributed by atoms with Crippen LogP contribution in [-0.4, -0.2) is 82.3 Å². The van der Waals surface area contributed by atoms with Gasteiger partial charge in [-0.3, -0.25) is 14.4 Å². The van der Waals surface area contributed by atoms with Crippen LogP contribution in [0, 0.1) is 0 Å². The number of imidazole rings is 1. The molecule has 3 N–H and O–H groups in total. The molecule has 1 unspecified atom stereocenters. The average Bonchev–Trinajstić information content (AvgIpc) is 3.73. The number of carbonyl (C=O) groups is 4. The Morgan fingerprint density at radius 1 is 0.938 bits per heavy atom. The first kappa shape index (κ1) is 35.9. The van der Waals surface area contributed by atoms with Crippen molar-refractivity contribution in [1.29, 1.82) is 0 Å². The Kier molecular flexibility index (Phi) is 11.8. The number of carbonyl (C=O) groups excluding carboxylic acids is 4. The second kappa shape index (κ2) is 15.8. The number of ether oxygens (including phenoxy) is 3. The third-order valence-corrected chi connectivity index (χ3v) is 7.64. The minimum Gasteiger partial charge on any atom is -0.496 e. The van der Waals surface area contributed by atoms with Gasteiger partial charge in [-0.1, -0.05) is 48.5 Å². The number of hydrogen-bond acceptors (Lipinski definition) is 8. The maximum absolute atomic E-state index is 13.8. The van der Waals surface area contributed by atoms with Gasteiger partial charge in [0.25, 0.3) is 5.91 Å². The van der Waals surface area contributed by atoms with Crippen molar-refractivity contribution in [2.75, 3.05) is 32.1 Å². The Morgan fingerprint density at radius 3 is 2.27 bits per heavy atom. The van der Waals surface area contributed by atoms with Crippen LogP contribution in [0.1, 0.15) is 64.6 Å². The molecule has 0 spiro atoms. The Labute approximate surface area is 281 Å². The number of hydrogen-bond donors (Lipinski definition) is 3. The van der Waals surface area contributed by atoms with E-state index in [1.165, 1.54) is 20.2 Å². The molecule has 2 aromatic carbocycles. The van der Waals surface area contributed by atoms with Gasteiger partial charge < -0.3 is 39.6 Å². The fourth-order valence-corrected chi connectivity index (χ4v) is 5.19. The molecule has 13 heteroatoms. The van der Waals surface area contributed by atoms with Crippen molar-refractivity contribution in [1.82, 2.24) is 25.1 Å². The van der Waals surface area contributed by atoms with Crippen LogP contribution < -0.4 is 20.7 Å². The highest BCUT2D eigenvalue weighted by atomic mass is 16.6. The lowest BCUT2D eigenvalue weighted by Crippen LogP contribution is -2.59. The molecule has 1 aromatic heterocycles. The number of likely N-dealkylation sites (tertiary alicyclic amines) is 1. The summed E-state index contributed by atoms with van der Waals surface area (Å²) in [7, 11) is 1.55. The van der Waals surface area contributed by atoms with E-state index in [1.54, 1.807) is 44.7 Å². The van der Waals surface area contributed by atoms with Gasteiger partial charge in [-0.15, -0.1) is 0 Å². The fourth-order valence-electron chi connectivity index (χ4n) is 5.19. The molecule has 48 heavy (non-hydrogen) atoms. The van der Waals surface area contributed by atoms with Gasteiger partial charge in [-0.2, -0.15) is 0 Å². The number of nitrogens with zero attached hydrogens (tertiary/aromatic N) is 3. The van der Waals surface area contributed by atoms with Crippen molar-refractivity contribution in [2.45, 2.75) is 77.3 Å². The van der Waals surface area contributed by atoms with Crippen molar-refractivity contribution in [3.8, 4) is 5.75 Å². The van der Waals surface area contributed by atoms with E-state index in [9.17, 15) is 19.2 Å². The van der Waals surface area contributed by atoms with E-state index in [4.69, 9.17) is 14.2 Å². The summed E-state index contributed by atoms with van der Waals surface area (Å²) < 4.78 is 18.4. The molecule has 1 aliphatic heterocycles. The molecule has 0 radical (unpaired) electrons. The van der Waals surface area contributed by atoms with E-state index < -0.39 is 41.1 Å². The van der Waals surface area contributed by atoms with E-state index >= 15 is 0 Å². The smallest absolute Gasteiger partial charge is 0.408 e. The molecular weight excluding hydrogens is 616 g/mol. The van der Waals surface area contributed by atoms with Crippen molar-refractivity contribution in [3.63, 3.8) is 0 Å². The van der Waals surface area contributed by atoms with Crippen molar-refractivity contribution >= 4 is 29.6 Å². The van der Waals surface area contributed by atoms with Crippen LogP contribution in [0.15, 0.2) is 67.1 Å². The molecule has 2 heterocycles. The van der Waals surface area contributed by atoms with E-state index in [0.29, 0.717) is 24.4 Å². The number of benzene rings is 2. The van der Waals surface area contributed by atoms with Gasteiger partial charge in [0.1, 0.15) is 29.0 Å². The monoisotopic (exact) mass is 662 g/mol. The number of anilines is 1. The second-order valence-electron chi connectivity index (χ2n) is 13.2. The minimum atomic E-state index is -1.43. The van der Waals surface area contributed by atoms with Crippen LogP contribution in [-0.2, 0) is 30.5 Å². The van der Waals surface area contributed by atoms with Gasteiger partial charge in [0.15, 0.2) is 5.82 Å². The number of rotatable bonds is 13. The molecule has 13 nitrogen and oxygen atoms in total. The maximum atomic E-state index is 13.8.